The van der Waals surface area contributed by atoms with E-state index >= 15 is 0 Å². The van der Waals surface area contributed by atoms with E-state index in [1.54, 1.807) is 12.5 Å². The van der Waals surface area contributed by atoms with Crippen LogP contribution >= 0.6 is 0 Å². The van der Waals surface area contributed by atoms with E-state index in [9.17, 15) is 19.8 Å². The summed E-state index contributed by atoms with van der Waals surface area (Å²) < 4.78 is 13.0. The Labute approximate surface area is 178 Å². The van der Waals surface area contributed by atoms with Crippen molar-refractivity contribution in [3.05, 3.63) is 63.8 Å². The van der Waals surface area contributed by atoms with Crippen LogP contribution < -0.4 is 10.2 Å². The fourth-order valence-corrected chi connectivity index (χ4v) is 4.76. The number of rotatable bonds is 2. The third-order valence-corrected chi connectivity index (χ3v) is 6.28. The second-order valence-electron chi connectivity index (χ2n) is 9.28. The molecule has 0 fully saturated rings. The van der Waals surface area contributed by atoms with E-state index in [1.165, 1.54) is 12.3 Å². The molecule has 0 radical (unpaired) electrons. The number of aromatic carboxylic acids is 1. The van der Waals surface area contributed by atoms with Gasteiger partial charge in [-0.2, -0.15) is 0 Å². The number of ether oxygens (including phenoxy) is 1. The molecule has 1 aromatic carbocycles. The van der Waals surface area contributed by atoms with Crippen LogP contribution in [0.2, 0.25) is 0 Å². The zero-order chi connectivity index (χ0) is 22.1. The van der Waals surface area contributed by atoms with Crippen LogP contribution in [0.3, 0.4) is 0 Å². The van der Waals surface area contributed by atoms with Crippen LogP contribution in [0.5, 0.6) is 5.75 Å². The number of furan rings is 1. The number of aliphatic hydroxyl groups is 1. The predicted molar refractivity (Wildman–Crippen MR) is 113 cm³/mol. The molecule has 0 saturated heterocycles. The number of hydrogen-bond acceptors (Lipinski definition) is 5. The topological polar surface area (TPSA) is 102 Å². The Hall–Kier alpha value is -3.32. The van der Waals surface area contributed by atoms with Gasteiger partial charge in [-0.05, 0) is 29.5 Å². The first-order valence-corrected chi connectivity index (χ1v) is 10.2. The maximum Gasteiger partial charge on any atom is 0.341 e. The van der Waals surface area contributed by atoms with Crippen LogP contribution in [-0.2, 0) is 12.8 Å². The van der Waals surface area contributed by atoms with Crippen LogP contribution in [0, 0.1) is 5.41 Å². The zero-order valence-electron chi connectivity index (χ0n) is 17.5. The summed E-state index contributed by atoms with van der Waals surface area (Å²) in [5.41, 5.74) is 4.09. The van der Waals surface area contributed by atoms with Crippen molar-refractivity contribution in [3.63, 3.8) is 0 Å². The Morgan fingerprint density at radius 2 is 1.94 bits per heavy atom. The summed E-state index contributed by atoms with van der Waals surface area (Å²) >= 11 is 0. The lowest BCUT2D eigenvalue weighted by Gasteiger charge is -2.39. The van der Waals surface area contributed by atoms with Gasteiger partial charge in [0.05, 0.1) is 18.2 Å². The number of nitrogens with zero attached hydrogens (tertiary/aromatic N) is 1. The molecule has 2 aliphatic heterocycles. The Morgan fingerprint density at radius 3 is 2.58 bits per heavy atom. The van der Waals surface area contributed by atoms with Crippen LogP contribution in [0.1, 0.15) is 48.3 Å². The molecule has 2 aromatic heterocycles. The lowest BCUT2D eigenvalue weighted by atomic mass is 9.76. The van der Waals surface area contributed by atoms with Gasteiger partial charge < -0.3 is 23.9 Å². The van der Waals surface area contributed by atoms with Crippen molar-refractivity contribution in [2.24, 2.45) is 5.41 Å². The molecule has 2 atom stereocenters. The molecule has 0 amide bonds. The minimum Gasteiger partial charge on any atom is -0.477 e. The molecule has 3 aromatic rings. The van der Waals surface area contributed by atoms with E-state index in [0.29, 0.717) is 24.3 Å². The zero-order valence-corrected chi connectivity index (χ0v) is 17.5. The molecule has 4 heterocycles. The first kappa shape index (κ1) is 19.6. The van der Waals surface area contributed by atoms with Gasteiger partial charge in [-0.25, -0.2) is 4.79 Å². The second-order valence-corrected chi connectivity index (χ2v) is 9.28. The SMILES string of the molecule is CC(C)(C)C1Cc2c(cc(-c3ccoc3)c3c2CC(O)O3)-c2cc(=O)c(C(=O)O)cn21. The Kier molecular flexibility index (Phi) is 4.17. The molecule has 0 spiro atoms. The molecule has 2 aliphatic rings. The van der Waals surface area contributed by atoms with Crippen molar-refractivity contribution in [1.82, 2.24) is 4.57 Å². The van der Waals surface area contributed by atoms with Gasteiger partial charge in [0.25, 0.3) is 0 Å². The fraction of sp³-hybridized carbons (Fsp3) is 0.333. The summed E-state index contributed by atoms with van der Waals surface area (Å²) in [7, 11) is 0. The molecule has 5 rings (SSSR count). The van der Waals surface area contributed by atoms with E-state index in [0.717, 1.165) is 27.8 Å². The van der Waals surface area contributed by atoms with Gasteiger partial charge in [0.2, 0.25) is 6.29 Å². The first-order valence-electron chi connectivity index (χ1n) is 10.2. The quantitative estimate of drug-likeness (QED) is 0.651. The van der Waals surface area contributed by atoms with Crippen molar-refractivity contribution in [3.8, 4) is 28.1 Å². The number of fused-ring (bicyclic) bond motifs is 5. The molecule has 2 unspecified atom stereocenters. The number of carboxylic acids is 1. The highest BCUT2D eigenvalue weighted by Gasteiger charge is 2.38. The standard InChI is InChI=1S/C24H23NO6/c1-24(2,3)20-7-14-15(18-9-19(26)17(23(28)29)10-25(18)20)6-13(12-4-5-30-11-12)22-16(14)8-21(27)31-22/h4-6,9-11,20-21,27H,7-8H2,1-3H3,(H,28,29). The summed E-state index contributed by atoms with van der Waals surface area (Å²) in [6.07, 6.45) is 4.71. The van der Waals surface area contributed by atoms with E-state index in [2.05, 4.69) is 20.8 Å². The number of pyridine rings is 1. The van der Waals surface area contributed by atoms with Gasteiger partial charge in [0.15, 0.2) is 5.43 Å². The van der Waals surface area contributed by atoms with Crippen molar-refractivity contribution in [2.45, 2.75) is 45.9 Å². The van der Waals surface area contributed by atoms with Crippen LogP contribution in [0.25, 0.3) is 22.4 Å². The van der Waals surface area contributed by atoms with Gasteiger partial charge in [-0.1, -0.05) is 20.8 Å². The molecule has 0 saturated carbocycles. The summed E-state index contributed by atoms with van der Waals surface area (Å²) in [6.45, 7) is 6.28. The largest absolute Gasteiger partial charge is 0.477 e. The number of carboxylic acid groups (broad SMARTS) is 1. The second kappa shape index (κ2) is 6.59. The first-order chi connectivity index (χ1) is 14.6. The third kappa shape index (κ3) is 2.99. The van der Waals surface area contributed by atoms with Gasteiger partial charge >= 0.3 is 5.97 Å². The van der Waals surface area contributed by atoms with Crippen molar-refractivity contribution >= 4 is 5.97 Å². The summed E-state index contributed by atoms with van der Waals surface area (Å²) in [4.78, 5) is 24.3. The van der Waals surface area contributed by atoms with E-state index in [-0.39, 0.29) is 17.0 Å². The minimum absolute atomic E-state index is 0.0738. The highest BCUT2D eigenvalue weighted by Crippen LogP contribution is 2.50. The summed E-state index contributed by atoms with van der Waals surface area (Å²) in [5.74, 6) is -0.596. The number of aliphatic hydroxyl groups excluding tert-OH is 1. The summed E-state index contributed by atoms with van der Waals surface area (Å²) in [5, 5.41) is 19.8. The predicted octanol–water partition coefficient (Wildman–Crippen LogP) is 3.87. The number of hydrogen-bond donors (Lipinski definition) is 2. The third-order valence-electron chi connectivity index (χ3n) is 6.28. The molecule has 0 aliphatic carbocycles. The van der Waals surface area contributed by atoms with E-state index in [4.69, 9.17) is 9.15 Å². The minimum atomic E-state index is -1.23. The molecule has 7 nitrogen and oxygen atoms in total. The average Bonchev–Trinajstić information content (AvgIpc) is 3.34. The lowest BCUT2D eigenvalue weighted by molar-refractivity contribution is 0.00244. The van der Waals surface area contributed by atoms with Gasteiger partial charge in [0, 0.05) is 47.0 Å². The maximum atomic E-state index is 12.6. The Balaban J connectivity index is 1.84. The lowest BCUT2D eigenvalue weighted by Crippen LogP contribution is -2.33. The molecule has 160 valence electrons. The van der Waals surface area contributed by atoms with Gasteiger partial charge in [0.1, 0.15) is 11.3 Å². The fourth-order valence-electron chi connectivity index (χ4n) is 4.76. The Bertz CT molecular complexity index is 1260. The molecular formula is C24H23NO6. The monoisotopic (exact) mass is 421 g/mol. The van der Waals surface area contributed by atoms with Gasteiger partial charge in [-0.15, -0.1) is 0 Å². The van der Waals surface area contributed by atoms with Crippen LogP contribution in [-0.4, -0.2) is 27.0 Å². The highest BCUT2D eigenvalue weighted by molar-refractivity contribution is 5.88. The number of carbonyl (C=O) groups is 1. The highest BCUT2D eigenvalue weighted by atomic mass is 16.6. The van der Waals surface area contributed by atoms with Crippen molar-refractivity contribution in [1.29, 1.82) is 0 Å². The van der Waals surface area contributed by atoms with E-state index < -0.39 is 17.7 Å². The van der Waals surface area contributed by atoms with E-state index in [1.807, 2.05) is 16.7 Å². The Morgan fingerprint density at radius 1 is 1.16 bits per heavy atom. The van der Waals surface area contributed by atoms with Crippen molar-refractivity contribution in [2.75, 3.05) is 0 Å². The number of aromatic nitrogens is 1. The molecule has 2 N–H and O–H groups in total. The molecule has 7 heteroatoms. The van der Waals surface area contributed by atoms with Crippen molar-refractivity contribution < 1.29 is 24.2 Å². The maximum absolute atomic E-state index is 12.6. The molecular weight excluding hydrogens is 398 g/mol. The average molecular weight is 421 g/mol. The smallest absolute Gasteiger partial charge is 0.341 e. The molecule has 31 heavy (non-hydrogen) atoms. The molecule has 0 bridgehead atoms. The normalized spacial score (nSPS) is 19.4. The van der Waals surface area contributed by atoms with Crippen LogP contribution in [0.4, 0.5) is 0 Å². The number of benzene rings is 1. The summed E-state index contributed by atoms with van der Waals surface area (Å²) in [6, 6.07) is 5.10. The van der Waals surface area contributed by atoms with Gasteiger partial charge in [-0.3, -0.25) is 4.79 Å². The van der Waals surface area contributed by atoms with Crippen LogP contribution in [0.15, 0.2) is 46.1 Å².